The SMILES string of the molecule is CC1=CC(=O)N(c2cccc(C(=O)O)c2)C(=O)/C1=C\C=C\c1ccc(N(C)C)cc1. The predicted molar refractivity (Wildman–Crippen MR) is 118 cm³/mol. The summed E-state index contributed by atoms with van der Waals surface area (Å²) in [6, 6.07) is 13.7. The molecule has 30 heavy (non-hydrogen) atoms. The van der Waals surface area contributed by atoms with Crippen LogP contribution in [0.5, 0.6) is 0 Å². The molecule has 3 rings (SSSR count). The van der Waals surface area contributed by atoms with E-state index in [1.165, 1.54) is 30.3 Å². The molecule has 0 aromatic heterocycles. The molecule has 0 fully saturated rings. The number of nitrogens with zero attached hydrogens (tertiary/aromatic N) is 2. The summed E-state index contributed by atoms with van der Waals surface area (Å²) >= 11 is 0. The molecule has 0 unspecified atom stereocenters. The van der Waals surface area contributed by atoms with Crippen LogP contribution in [-0.2, 0) is 9.59 Å². The number of benzene rings is 2. The Labute approximate surface area is 175 Å². The average molecular weight is 402 g/mol. The Kier molecular flexibility index (Phi) is 5.97. The van der Waals surface area contributed by atoms with Gasteiger partial charge in [0.1, 0.15) is 0 Å². The summed E-state index contributed by atoms with van der Waals surface area (Å²) in [5.41, 5.74) is 3.22. The molecule has 2 amide bonds. The van der Waals surface area contributed by atoms with Crippen LogP contribution in [0.25, 0.3) is 6.08 Å². The zero-order valence-corrected chi connectivity index (χ0v) is 17.0. The Balaban J connectivity index is 1.88. The van der Waals surface area contributed by atoms with Gasteiger partial charge >= 0.3 is 5.97 Å². The van der Waals surface area contributed by atoms with Crippen molar-refractivity contribution in [3.63, 3.8) is 0 Å². The third-order valence-corrected chi connectivity index (χ3v) is 4.73. The molecule has 0 radical (unpaired) electrons. The second-order valence-corrected chi connectivity index (χ2v) is 7.09. The van der Waals surface area contributed by atoms with Crippen molar-refractivity contribution in [2.24, 2.45) is 0 Å². The number of anilines is 2. The van der Waals surface area contributed by atoms with E-state index in [4.69, 9.17) is 0 Å². The fraction of sp³-hybridized carbons (Fsp3) is 0.125. The Hall–Kier alpha value is -3.93. The number of amides is 2. The van der Waals surface area contributed by atoms with Crippen molar-refractivity contribution in [2.75, 3.05) is 23.9 Å². The highest BCUT2D eigenvalue weighted by atomic mass is 16.4. The second kappa shape index (κ2) is 8.61. The van der Waals surface area contributed by atoms with Crippen molar-refractivity contribution in [3.05, 3.63) is 89.0 Å². The van der Waals surface area contributed by atoms with E-state index in [1.54, 1.807) is 19.1 Å². The van der Waals surface area contributed by atoms with Crippen molar-refractivity contribution in [3.8, 4) is 0 Å². The van der Waals surface area contributed by atoms with E-state index in [0.29, 0.717) is 11.1 Å². The van der Waals surface area contributed by atoms with E-state index in [1.807, 2.05) is 49.3 Å². The van der Waals surface area contributed by atoms with Gasteiger partial charge in [-0.25, -0.2) is 9.69 Å². The average Bonchev–Trinajstić information content (AvgIpc) is 2.70. The van der Waals surface area contributed by atoms with E-state index < -0.39 is 17.8 Å². The fourth-order valence-corrected chi connectivity index (χ4v) is 3.08. The third kappa shape index (κ3) is 4.38. The highest BCUT2D eigenvalue weighted by Crippen LogP contribution is 2.26. The summed E-state index contributed by atoms with van der Waals surface area (Å²) < 4.78 is 0. The first-order valence-electron chi connectivity index (χ1n) is 9.34. The molecule has 0 saturated carbocycles. The van der Waals surface area contributed by atoms with Crippen LogP contribution in [0.2, 0.25) is 0 Å². The number of aromatic carboxylic acids is 1. The van der Waals surface area contributed by atoms with Crippen molar-refractivity contribution < 1.29 is 19.5 Å². The van der Waals surface area contributed by atoms with Crippen LogP contribution in [0.15, 0.2) is 77.9 Å². The first kappa shape index (κ1) is 20.8. The largest absolute Gasteiger partial charge is 0.478 e. The molecule has 1 aliphatic rings. The lowest BCUT2D eigenvalue weighted by atomic mass is 10.00. The molecular weight excluding hydrogens is 380 g/mol. The van der Waals surface area contributed by atoms with E-state index in [0.717, 1.165) is 16.2 Å². The number of hydrogen-bond donors (Lipinski definition) is 1. The molecule has 6 heteroatoms. The van der Waals surface area contributed by atoms with E-state index in [-0.39, 0.29) is 11.3 Å². The van der Waals surface area contributed by atoms with Gasteiger partial charge in [-0.15, -0.1) is 0 Å². The summed E-state index contributed by atoms with van der Waals surface area (Å²) in [7, 11) is 3.94. The molecule has 0 spiro atoms. The van der Waals surface area contributed by atoms with Crippen LogP contribution in [0.1, 0.15) is 22.8 Å². The Morgan fingerprint density at radius 1 is 1.07 bits per heavy atom. The maximum absolute atomic E-state index is 13.0. The molecular formula is C24H22N2O4. The maximum atomic E-state index is 13.0. The number of carbonyl (C=O) groups excluding carboxylic acids is 2. The molecule has 0 atom stereocenters. The van der Waals surface area contributed by atoms with Crippen LogP contribution in [-0.4, -0.2) is 37.0 Å². The van der Waals surface area contributed by atoms with Gasteiger partial charge in [0.05, 0.1) is 11.3 Å². The monoisotopic (exact) mass is 402 g/mol. The highest BCUT2D eigenvalue weighted by Gasteiger charge is 2.30. The summed E-state index contributed by atoms with van der Waals surface area (Å²) in [6.45, 7) is 1.70. The van der Waals surface area contributed by atoms with Crippen molar-refractivity contribution in [2.45, 2.75) is 6.92 Å². The Bertz CT molecular complexity index is 1090. The zero-order valence-electron chi connectivity index (χ0n) is 17.0. The smallest absolute Gasteiger partial charge is 0.335 e. The van der Waals surface area contributed by atoms with Gasteiger partial charge in [0, 0.05) is 31.4 Å². The zero-order chi connectivity index (χ0) is 21.8. The van der Waals surface area contributed by atoms with E-state index in [9.17, 15) is 19.5 Å². The normalized spacial score (nSPS) is 15.6. The second-order valence-electron chi connectivity index (χ2n) is 7.09. The first-order chi connectivity index (χ1) is 14.3. The summed E-state index contributed by atoms with van der Waals surface area (Å²) in [5.74, 6) is -2.12. The van der Waals surface area contributed by atoms with Crippen LogP contribution in [0.4, 0.5) is 11.4 Å². The van der Waals surface area contributed by atoms with Crippen LogP contribution >= 0.6 is 0 Å². The molecule has 1 N–H and O–H groups in total. The van der Waals surface area contributed by atoms with Gasteiger partial charge in [-0.3, -0.25) is 9.59 Å². The molecule has 1 aliphatic heterocycles. The number of carbonyl (C=O) groups is 3. The summed E-state index contributed by atoms with van der Waals surface area (Å²) in [4.78, 5) is 39.7. The molecule has 1 heterocycles. The Morgan fingerprint density at radius 2 is 1.77 bits per heavy atom. The topological polar surface area (TPSA) is 77.9 Å². The summed E-state index contributed by atoms with van der Waals surface area (Å²) in [5, 5.41) is 9.18. The maximum Gasteiger partial charge on any atom is 0.335 e. The van der Waals surface area contributed by atoms with Crippen LogP contribution in [0.3, 0.4) is 0 Å². The molecule has 0 aliphatic carbocycles. The molecule has 2 aromatic carbocycles. The number of imide groups is 1. The lowest BCUT2D eigenvalue weighted by Crippen LogP contribution is -2.40. The number of carboxylic acids is 1. The van der Waals surface area contributed by atoms with E-state index in [2.05, 4.69) is 0 Å². The Morgan fingerprint density at radius 3 is 2.40 bits per heavy atom. The fourth-order valence-electron chi connectivity index (χ4n) is 3.08. The quantitative estimate of drug-likeness (QED) is 0.606. The summed E-state index contributed by atoms with van der Waals surface area (Å²) in [6.07, 6.45) is 6.67. The first-order valence-corrected chi connectivity index (χ1v) is 9.34. The van der Waals surface area contributed by atoms with Gasteiger partial charge in [0.2, 0.25) is 0 Å². The minimum Gasteiger partial charge on any atom is -0.478 e. The minimum absolute atomic E-state index is 0.00553. The lowest BCUT2D eigenvalue weighted by Gasteiger charge is -2.25. The van der Waals surface area contributed by atoms with Crippen LogP contribution < -0.4 is 9.80 Å². The molecule has 6 nitrogen and oxygen atoms in total. The van der Waals surface area contributed by atoms with Gasteiger partial charge in [0.25, 0.3) is 11.8 Å². The molecule has 0 saturated heterocycles. The molecule has 2 aromatic rings. The standard InChI is InChI=1S/C24H22N2O4/c1-16-14-22(27)26(20-8-5-7-18(15-20)24(29)30)23(28)21(16)9-4-6-17-10-12-19(13-11-17)25(2)3/h4-15H,1-3H3,(H,29,30)/b6-4+,21-9-. The third-order valence-electron chi connectivity index (χ3n) is 4.73. The van der Waals surface area contributed by atoms with Gasteiger partial charge in [-0.1, -0.05) is 30.4 Å². The van der Waals surface area contributed by atoms with Crippen LogP contribution in [0, 0.1) is 0 Å². The van der Waals surface area contributed by atoms with Crippen molar-refractivity contribution in [1.29, 1.82) is 0 Å². The number of hydrogen-bond acceptors (Lipinski definition) is 4. The number of allylic oxidation sites excluding steroid dienone is 2. The van der Waals surface area contributed by atoms with Gasteiger partial charge in [-0.2, -0.15) is 0 Å². The molecule has 0 bridgehead atoms. The number of rotatable bonds is 5. The lowest BCUT2D eigenvalue weighted by molar-refractivity contribution is -0.122. The van der Waals surface area contributed by atoms with Gasteiger partial charge in [0.15, 0.2) is 0 Å². The van der Waals surface area contributed by atoms with E-state index >= 15 is 0 Å². The van der Waals surface area contributed by atoms with Crippen molar-refractivity contribution in [1.82, 2.24) is 0 Å². The highest BCUT2D eigenvalue weighted by molar-refractivity contribution is 6.28. The minimum atomic E-state index is -1.13. The number of carboxylic acid groups (broad SMARTS) is 1. The predicted octanol–water partition coefficient (Wildman–Crippen LogP) is 3.91. The van der Waals surface area contributed by atoms with Gasteiger partial charge in [-0.05, 0) is 54.5 Å². The van der Waals surface area contributed by atoms with Gasteiger partial charge < -0.3 is 10.0 Å². The van der Waals surface area contributed by atoms with Crippen molar-refractivity contribution >= 4 is 35.2 Å². The molecule has 152 valence electrons.